The Morgan fingerprint density at radius 1 is 0.952 bits per heavy atom. The lowest BCUT2D eigenvalue weighted by atomic mass is 10.0. The molecule has 2 heterocycles. The second kappa shape index (κ2) is 16.5. The number of carboxylic acid groups (broad SMARTS) is 1. The highest BCUT2D eigenvalue weighted by Gasteiger charge is 2.31. The summed E-state index contributed by atoms with van der Waals surface area (Å²) in [5, 5.41) is 18.6. The number of imidazole rings is 1. The van der Waals surface area contributed by atoms with Crippen LogP contribution in [0.3, 0.4) is 0 Å². The van der Waals surface area contributed by atoms with Crippen molar-refractivity contribution in [2.24, 2.45) is 11.5 Å². The number of amides is 3. The number of carbonyl (C=O) groups is 4. The minimum absolute atomic E-state index is 0.131. The number of nitrogens with one attached hydrogen (secondary N) is 5. The molecule has 0 aliphatic heterocycles. The summed E-state index contributed by atoms with van der Waals surface area (Å²) in [5.41, 5.74) is 14.0. The fourth-order valence-electron chi connectivity index (χ4n) is 4.53. The molecule has 3 amide bonds. The van der Waals surface area contributed by atoms with Gasteiger partial charge >= 0.3 is 5.97 Å². The number of rotatable bonds is 18. The summed E-state index contributed by atoms with van der Waals surface area (Å²) in [6, 6.07) is 3.44. The molecular weight excluding hydrogens is 560 g/mol. The van der Waals surface area contributed by atoms with Crippen LogP contribution >= 0.6 is 11.8 Å². The number of benzene rings is 1. The summed E-state index contributed by atoms with van der Waals surface area (Å²) in [7, 11) is 0. The fraction of sp³-hybridized carbons (Fsp3) is 0.464. The summed E-state index contributed by atoms with van der Waals surface area (Å²) in [4.78, 5) is 61.8. The maximum absolute atomic E-state index is 13.7. The maximum Gasteiger partial charge on any atom is 0.326 e. The summed E-state index contributed by atoms with van der Waals surface area (Å²) >= 11 is 1.49. The van der Waals surface area contributed by atoms with Crippen molar-refractivity contribution in [2.45, 2.75) is 62.7 Å². The molecule has 4 atom stereocenters. The zero-order chi connectivity index (χ0) is 30.5. The Morgan fingerprint density at radius 2 is 1.67 bits per heavy atom. The third-order valence-electron chi connectivity index (χ3n) is 6.87. The van der Waals surface area contributed by atoms with Gasteiger partial charge in [0.15, 0.2) is 0 Å². The highest BCUT2D eigenvalue weighted by molar-refractivity contribution is 7.98. The quantitative estimate of drug-likeness (QED) is 0.0947. The smallest absolute Gasteiger partial charge is 0.326 e. The van der Waals surface area contributed by atoms with Gasteiger partial charge in [-0.3, -0.25) is 14.4 Å². The molecule has 14 heteroatoms. The van der Waals surface area contributed by atoms with Gasteiger partial charge in [0.2, 0.25) is 17.7 Å². The van der Waals surface area contributed by atoms with Crippen molar-refractivity contribution in [3.63, 3.8) is 0 Å². The number of para-hydroxylation sites is 1. The van der Waals surface area contributed by atoms with E-state index in [0.717, 1.165) is 16.5 Å². The molecule has 0 saturated heterocycles. The number of hydrogen-bond donors (Lipinski definition) is 8. The van der Waals surface area contributed by atoms with Gasteiger partial charge in [-0.05, 0) is 55.9 Å². The van der Waals surface area contributed by atoms with Gasteiger partial charge in [0.1, 0.15) is 18.1 Å². The standard InChI is InChI=1S/C28H40N8O5S/c1-42-11-9-22(26(38)35-23(28(40)41)8-4-5-10-29)34-27(39)24(12-17-14-32-21-7-3-2-6-19(17)21)36-25(37)20(30)13-18-15-31-16-33-18/h2-3,6-7,14-16,20,22-24,32H,4-5,8-13,29-30H2,1H3,(H,31,33)(H,34,39)(H,35,38)(H,36,37)(H,40,41). The molecule has 42 heavy (non-hydrogen) atoms. The number of aliphatic carboxylic acids is 1. The van der Waals surface area contributed by atoms with E-state index in [1.807, 2.05) is 30.5 Å². The number of aromatic nitrogens is 3. The predicted octanol–water partition coefficient (Wildman–Crippen LogP) is 0.425. The Morgan fingerprint density at radius 3 is 2.36 bits per heavy atom. The van der Waals surface area contributed by atoms with E-state index in [0.29, 0.717) is 30.8 Å². The molecule has 0 spiro atoms. The Balaban J connectivity index is 1.79. The number of aromatic amines is 2. The molecule has 3 aromatic rings. The molecule has 228 valence electrons. The maximum atomic E-state index is 13.7. The van der Waals surface area contributed by atoms with Crippen LogP contribution in [-0.4, -0.2) is 86.5 Å². The summed E-state index contributed by atoms with van der Waals surface area (Å²) in [6.45, 7) is 0.418. The first-order valence-electron chi connectivity index (χ1n) is 13.8. The van der Waals surface area contributed by atoms with E-state index in [1.54, 1.807) is 12.4 Å². The third-order valence-corrected chi connectivity index (χ3v) is 7.51. The van der Waals surface area contributed by atoms with Crippen LogP contribution < -0.4 is 27.4 Å². The average molecular weight is 601 g/mol. The van der Waals surface area contributed by atoms with Gasteiger partial charge in [-0.25, -0.2) is 9.78 Å². The first-order valence-corrected chi connectivity index (χ1v) is 15.2. The SMILES string of the molecule is CSCCC(NC(=O)C(Cc1c[nH]c2ccccc12)NC(=O)C(N)Cc1cnc[nH]1)C(=O)NC(CCCCN)C(=O)O. The molecule has 0 radical (unpaired) electrons. The van der Waals surface area contributed by atoms with Crippen LogP contribution in [0.15, 0.2) is 43.0 Å². The molecule has 0 bridgehead atoms. The van der Waals surface area contributed by atoms with Crippen molar-refractivity contribution in [1.82, 2.24) is 30.9 Å². The molecule has 13 nitrogen and oxygen atoms in total. The zero-order valence-electron chi connectivity index (χ0n) is 23.6. The highest BCUT2D eigenvalue weighted by atomic mass is 32.2. The monoisotopic (exact) mass is 600 g/mol. The van der Waals surface area contributed by atoms with Crippen LogP contribution in [-0.2, 0) is 32.0 Å². The number of thioether (sulfide) groups is 1. The van der Waals surface area contributed by atoms with Crippen LogP contribution in [0.5, 0.6) is 0 Å². The number of unbranched alkanes of at least 4 members (excludes halogenated alkanes) is 1. The Bertz CT molecular complexity index is 1310. The van der Waals surface area contributed by atoms with Crippen molar-refractivity contribution < 1.29 is 24.3 Å². The summed E-state index contributed by atoms with van der Waals surface area (Å²) < 4.78 is 0. The summed E-state index contributed by atoms with van der Waals surface area (Å²) in [6.07, 6.45) is 8.66. The number of nitrogens with zero attached hydrogens (tertiary/aromatic N) is 1. The van der Waals surface area contributed by atoms with Gasteiger partial charge < -0.3 is 42.5 Å². The van der Waals surface area contributed by atoms with Crippen LogP contribution in [0.4, 0.5) is 0 Å². The van der Waals surface area contributed by atoms with Crippen molar-refractivity contribution >= 4 is 46.4 Å². The topological polar surface area (TPSA) is 221 Å². The van der Waals surface area contributed by atoms with E-state index in [9.17, 15) is 24.3 Å². The average Bonchev–Trinajstić information content (AvgIpc) is 3.64. The van der Waals surface area contributed by atoms with Crippen LogP contribution in [0, 0.1) is 0 Å². The molecule has 0 saturated carbocycles. The second-order valence-electron chi connectivity index (χ2n) is 10.0. The Hall–Kier alpha value is -3.88. The van der Waals surface area contributed by atoms with Crippen molar-refractivity contribution in [2.75, 3.05) is 18.6 Å². The van der Waals surface area contributed by atoms with Gasteiger partial charge in [-0.15, -0.1) is 0 Å². The van der Waals surface area contributed by atoms with Gasteiger partial charge in [0, 0.05) is 41.8 Å². The molecular formula is C28H40N8O5S. The van der Waals surface area contributed by atoms with Crippen molar-refractivity contribution in [3.05, 3.63) is 54.2 Å². The molecule has 10 N–H and O–H groups in total. The zero-order valence-corrected chi connectivity index (χ0v) is 24.4. The van der Waals surface area contributed by atoms with Crippen molar-refractivity contribution in [1.29, 1.82) is 0 Å². The minimum atomic E-state index is -1.16. The highest BCUT2D eigenvalue weighted by Crippen LogP contribution is 2.19. The van der Waals surface area contributed by atoms with Gasteiger partial charge in [-0.2, -0.15) is 11.8 Å². The van der Waals surface area contributed by atoms with E-state index in [1.165, 1.54) is 18.1 Å². The number of hydrogen-bond acceptors (Lipinski definition) is 8. The molecule has 0 aliphatic carbocycles. The molecule has 2 aromatic heterocycles. The van der Waals surface area contributed by atoms with Crippen LogP contribution in [0.2, 0.25) is 0 Å². The molecule has 1 aromatic carbocycles. The number of carbonyl (C=O) groups excluding carboxylic acids is 3. The predicted molar refractivity (Wildman–Crippen MR) is 162 cm³/mol. The summed E-state index contributed by atoms with van der Waals surface area (Å²) in [5.74, 6) is -2.35. The molecule has 0 aliphatic rings. The minimum Gasteiger partial charge on any atom is -0.480 e. The van der Waals surface area contributed by atoms with Crippen LogP contribution in [0.25, 0.3) is 10.9 Å². The van der Waals surface area contributed by atoms with Gasteiger partial charge in [0.05, 0.1) is 12.4 Å². The lowest BCUT2D eigenvalue weighted by Crippen LogP contribution is -2.58. The van der Waals surface area contributed by atoms with Gasteiger partial charge in [0.25, 0.3) is 0 Å². The van der Waals surface area contributed by atoms with Gasteiger partial charge in [-0.1, -0.05) is 18.2 Å². The number of H-pyrrole nitrogens is 2. The third kappa shape index (κ3) is 9.60. The Kier molecular flexibility index (Phi) is 12.8. The van der Waals surface area contributed by atoms with E-state index < -0.39 is 47.9 Å². The van der Waals surface area contributed by atoms with E-state index >= 15 is 0 Å². The first kappa shape index (κ1) is 32.6. The fourth-order valence-corrected chi connectivity index (χ4v) is 5.01. The molecule has 4 unspecified atom stereocenters. The lowest BCUT2D eigenvalue weighted by Gasteiger charge is -2.25. The Labute approximate surface area is 248 Å². The second-order valence-corrected chi connectivity index (χ2v) is 11.0. The number of fused-ring (bicyclic) bond motifs is 1. The van der Waals surface area contributed by atoms with E-state index in [2.05, 4.69) is 30.9 Å². The number of carboxylic acids is 1. The molecule has 0 fully saturated rings. The largest absolute Gasteiger partial charge is 0.480 e. The van der Waals surface area contributed by atoms with Crippen LogP contribution in [0.1, 0.15) is 36.9 Å². The van der Waals surface area contributed by atoms with Crippen molar-refractivity contribution in [3.8, 4) is 0 Å². The normalized spacial score (nSPS) is 14.1. The lowest BCUT2D eigenvalue weighted by molar-refractivity contribution is -0.142. The first-order chi connectivity index (χ1) is 20.2. The molecule has 3 rings (SSSR count). The van der Waals surface area contributed by atoms with E-state index in [4.69, 9.17) is 11.5 Å². The van der Waals surface area contributed by atoms with E-state index in [-0.39, 0.29) is 25.7 Å². The number of nitrogens with two attached hydrogens (primary N) is 2.